The highest BCUT2D eigenvalue weighted by Crippen LogP contribution is 2.23. The van der Waals surface area contributed by atoms with Gasteiger partial charge >= 0.3 is 0 Å². The molecule has 2 aromatic carbocycles. The molecule has 1 N–H and O–H groups in total. The molecule has 1 amide bonds. The van der Waals surface area contributed by atoms with Gasteiger partial charge in [-0.1, -0.05) is 27.5 Å². The number of hydrogen-bond acceptors (Lipinski definition) is 3. The monoisotopic (exact) mass is 385 g/mol. The largest absolute Gasteiger partial charge is 0.483 e. The molecule has 114 valence electrons. The Labute approximate surface area is 139 Å². The maximum Gasteiger partial charge on any atom is 0.262 e. The Bertz CT molecular complexity index is 724. The lowest BCUT2D eigenvalue weighted by molar-refractivity contribution is -0.118. The Morgan fingerprint density at radius 3 is 2.77 bits per heavy atom. The van der Waals surface area contributed by atoms with E-state index in [0.29, 0.717) is 17.6 Å². The molecule has 0 saturated carbocycles. The van der Waals surface area contributed by atoms with Crippen molar-refractivity contribution < 1.29 is 18.7 Å². The second-order valence-corrected chi connectivity index (χ2v) is 5.58. The molecular weight excluding hydrogens is 377 g/mol. The van der Waals surface area contributed by atoms with Crippen LogP contribution in [-0.4, -0.2) is 18.8 Å². The Kier molecular flexibility index (Phi) is 5.51. The molecular formula is C15H10BrClFNO3. The van der Waals surface area contributed by atoms with E-state index in [1.54, 1.807) is 18.2 Å². The van der Waals surface area contributed by atoms with Gasteiger partial charge in [0.15, 0.2) is 12.9 Å². The first-order valence-electron chi connectivity index (χ1n) is 6.12. The van der Waals surface area contributed by atoms with Gasteiger partial charge in [-0.05, 0) is 36.4 Å². The van der Waals surface area contributed by atoms with Crippen LogP contribution in [0.15, 0.2) is 40.9 Å². The van der Waals surface area contributed by atoms with E-state index in [1.165, 1.54) is 12.1 Å². The fraction of sp³-hybridized carbons (Fsp3) is 0.0667. The number of carbonyl (C=O) groups is 2. The quantitative estimate of drug-likeness (QED) is 0.788. The lowest BCUT2D eigenvalue weighted by Crippen LogP contribution is -2.20. The second-order valence-electron chi connectivity index (χ2n) is 4.26. The van der Waals surface area contributed by atoms with Crippen LogP contribution in [-0.2, 0) is 4.79 Å². The zero-order valence-corrected chi connectivity index (χ0v) is 13.4. The van der Waals surface area contributed by atoms with Crippen LogP contribution < -0.4 is 10.1 Å². The van der Waals surface area contributed by atoms with Crippen LogP contribution in [0.2, 0.25) is 5.02 Å². The molecule has 0 fully saturated rings. The topological polar surface area (TPSA) is 55.4 Å². The van der Waals surface area contributed by atoms with Crippen molar-refractivity contribution in [2.24, 2.45) is 0 Å². The van der Waals surface area contributed by atoms with E-state index < -0.39 is 11.7 Å². The van der Waals surface area contributed by atoms with Gasteiger partial charge in [0.2, 0.25) is 0 Å². The predicted octanol–water partition coefficient (Wildman–Crippen LogP) is 4.07. The Morgan fingerprint density at radius 2 is 2.09 bits per heavy atom. The zero-order valence-electron chi connectivity index (χ0n) is 11.1. The molecule has 22 heavy (non-hydrogen) atoms. The molecule has 0 radical (unpaired) electrons. The van der Waals surface area contributed by atoms with Gasteiger partial charge in [-0.3, -0.25) is 9.59 Å². The number of aldehydes is 1. The number of anilines is 1. The van der Waals surface area contributed by atoms with Crippen molar-refractivity contribution >= 4 is 45.4 Å². The molecule has 0 spiro atoms. The van der Waals surface area contributed by atoms with Crippen LogP contribution in [0.5, 0.6) is 5.75 Å². The third kappa shape index (κ3) is 4.29. The van der Waals surface area contributed by atoms with E-state index in [-0.39, 0.29) is 17.3 Å². The normalized spacial score (nSPS) is 10.1. The molecule has 0 aliphatic carbocycles. The number of benzene rings is 2. The molecule has 0 aliphatic heterocycles. The van der Waals surface area contributed by atoms with Crippen molar-refractivity contribution in [1.82, 2.24) is 0 Å². The lowest BCUT2D eigenvalue weighted by Gasteiger charge is -2.10. The molecule has 0 aliphatic rings. The van der Waals surface area contributed by atoms with Gasteiger partial charge < -0.3 is 10.1 Å². The highest BCUT2D eigenvalue weighted by atomic mass is 79.9. The van der Waals surface area contributed by atoms with E-state index in [9.17, 15) is 14.0 Å². The van der Waals surface area contributed by atoms with Gasteiger partial charge in [0.25, 0.3) is 5.91 Å². The van der Waals surface area contributed by atoms with Gasteiger partial charge in [0.1, 0.15) is 11.6 Å². The number of rotatable bonds is 5. The molecule has 2 aromatic rings. The fourth-order valence-corrected chi connectivity index (χ4v) is 2.26. The second kappa shape index (κ2) is 7.38. The molecule has 0 aromatic heterocycles. The van der Waals surface area contributed by atoms with Crippen LogP contribution in [0.4, 0.5) is 10.1 Å². The summed E-state index contributed by atoms with van der Waals surface area (Å²) in [7, 11) is 0. The van der Waals surface area contributed by atoms with Crippen molar-refractivity contribution in [1.29, 1.82) is 0 Å². The van der Waals surface area contributed by atoms with Crippen molar-refractivity contribution in [3.63, 3.8) is 0 Å². The van der Waals surface area contributed by atoms with E-state index in [2.05, 4.69) is 21.2 Å². The molecule has 2 rings (SSSR count). The highest BCUT2D eigenvalue weighted by Gasteiger charge is 2.09. The maximum absolute atomic E-state index is 12.9. The SMILES string of the molecule is O=Cc1cc(Br)ccc1OCC(=O)Nc1ccc(F)cc1Cl. The first-order valence-corrected chi connectivity index (χ1v) is 7.29. The molecule has 4 nitrogen and oxygen atoms in total. The minimum atomic E-state index is -0.496. The third-order valence-corrected chi connectivity index (χ3v) is 3.47. The van der Waals surface area contributed by atoms with E-state index >= 15 is 0 Å². The Hall–Kier alpha value is -1.92. The van der Waals surface area contributed by atoms with Crippen molar-refractivity contribution in [2.45, 2.75) is 0 Å². The first-order chi connectivity index (χ1) is 10.5. The van der Waals surface area contributed by atoms with E-state index in [0.717, 1.165) is 10.5 Å². The fourth-order valence-electron chi connectivity index (χ4n) is 1.66. The van der Waals surface area contributed by atoms with Crippen molar-refractivity contribution in [2.75, 3.05) is 11.9 Å². The van der Waals surface area contributed by atoms with Crippen LogP contribution in [0.1, 0.15) is 10.4 Å². The van der Waals surface area contributed by atoms with Crippen LogP contribution in [0.3, 0.4) is 0 Å². The van der Waals surface area contributed by atoms with Crippen molar-refractivity contribution in [3.8, 4) is 5.75 Å². The summed E-state index contributed by atoms with van der Waals surface area (Å²) in [5.41, 5.74) is 0.602. The van der Waals surface area contributed by atoms with Crippen LogP contribution >= 0.6 is 27.5 Å². The summed E-state index contributed by atoms with van der Waals surface area (Å²) >= 11 is 9.04. The number of amides is 1. The Morgan fingerprint density at radius 1 is 1.32 bits per heavy atom. The summed E-state index contributed by atoms with van der Waals surface area (Å²) in [6.07, 6.45) is 0.634. The average Bonchev–Trinajstić information content (AvgIpc) is 2.48. The number of carbonyl (C=O) groups excluding carboxylic acids is 2. The van der Waals surface area contributed by atoms with Gasteiger partial charge in [-0.25, -0.2) is 4.39 Å². The van der Waals surface area contributed by atoms with Gasteiger partial charge in [-0.2, -0.15) is 0 Å². The van der Waals surface area contributed by atoms with Crippen LogP contribution in [0, 0.1) is 5.82 Å². The lowest BCUT2D eigenvalue weighted by atomic mass is 10.2. The summed E-state index contributed by atoms with van der Waals surface area (Å²) in [4.78, 5) is 22.7. The summed E-state index contributed by atoms with van der Waals surface area (Å²) in [5, 5.41) is 2.58. The van der Waals surface area contributed by atoms with E-state index in [1.807, 2.05) is 0 Å². The molecule has 7 heteroatoms. The molecule has 0 bridgehead atoms. The average molecular weight is 387 g/mol. The van der Waals surface area contributed by atoms with Gasteiger partial charge in [-0.15, -0.1) is 0 Å². The summed E-state index contributed by atoms with van der Waals surface area (Å²) < 4.78 is 18.9. The minimum Gasteiger partial charge on any atom is -0.483 e. The molecule has 0 unspecified atom stereocenters. The summed E-state index contributed by atoms with van der Waals surface area (Å²) in [5.74, 6) is -0.684. The first kappa shape index (κ1) is 16.5. The molecule has 0 saturated heterocycles. The maximum atomic E-state index is 12.9. The number of ether oxygens (including phenoxy) is 1. The Balaban J connectivity index is 2.00. The zero-order chi connectivity index (χ0) is 16.1. The number of hydrogen-bond donors (Lipinski definition) is 1. The highest BCUT2D eigenvalue weighted by molar-refractivity contribution is 9.10. The van der Waals surface area contributed by atoms with Gasteiger partial charge in [0.05, 0.1) is 16.3 Å². The minimum absolute atomic E-state index is 0.0885. The third-order valence-electron chi connectivity index (χ3n) is 2.66. The number of halogens is 3. The molecule has 0 atom stereocenters. The molecule has 0 heterocycles. The van der Waals surface area contributed by atoms with Crippen LogP contribution in [0.25, 0.3) is 0 Å². The summed E-state index contributed by atoms with van der Waals surface area (Å²) in [6, 6.07) is 8.48. The van der Waals surface area contributed by atoms with Crippen molar-refractivity contribution in [3.05, 3.63) is 57.3 Å². The smallest absolute Gasteiger partial charge is 0.262 e. The number of nitrogens with one attached hydrogen (secondary N) is 1. The standard InChI is InChI=1S/C15H10BrClFNO3/c16-10-1-4-14(9(5-10)7-20)22-8-15(21)19-13-3-2-11(18)6-12(13)17/h1-7H,8H2,(H,19,21). The summed E-state index contributed by atoms with van der Waals surface area (Å²) in [6.45, 7) is -0.309. The van der Waals surface area contributed by atoms with Gasteiger partial charge in [0, 0.05) is 4.47 Å². The van der Waals surface area contributed by atoms with E-state index in [4.69, 9.17) is 16.3 Å². The predicted molar refractivity (Wildman–Crippen MR) is 85.1 cm³/mol.